The van der Waals surface area contributed by atoms with Gasteiger partial charge in [0.25, 0.3) is 0 Å². The second-order valence-corrected chi connectivity index (χ2v) is 2.03. The van der Waals surface area contributed by atoms with Gasteiger partial charge in [-0.05, 0) is 13.0 Å². The highest BCUT2D eigenvalue weighted by molar-refractivity contribution is 5.24. The van der Waals surface area contributed by atoms with Gasteiger partial charge in [0.05, 0.1) is 5.70 Å². The van der Waals surface area contributed by atoms with Gasteiger partial charge in [-0.2, -0.15) is 0 Å². The van der Waals surface area contributed by atoms with Gasteiger partial charge in [0.2, 0.25) is 0 Å². The van der Waals surface area contributed by atoms with Crippen LogP contribution in [0.5, 0.6) is 0 Å². The molecule has 10 heavy (non-hydrogen) atoms. The van der Waals surface area contributed by atoms with Crippen LogP contribution < -0.4 is 5.32 Å². The van der Waals surface area contributed by atoms with Crippen molar-refractivity contribution in [2.45, 2.75) is 6.92 Å². The zero-order chi connectivity index (χ0) is 7.40. The first-order chi connectivity index (χ1) is 4.84. The van der Waals surface area contributed by atoms with Crippen molar-refractivity contribution in [3.05, 3.63) is 36.3 Å². The zero-order valence-corrected chi connectivity index (χ0v) is 6.05. The average Bonchev–Trinajstić information content (AvgIpc) is 2.31. The van der Waals surface area contributed by atoms with E-state index in [-0.39, 0.29) is 0 Å². The summed E-state index contributed by atoms with van der Waals surface area (Å²) in [5.74, 6) is 0.943. The van der Waals surface area contributed by atoms with Crippen LogP contribution in [0.2, 0.25) is 0 Å². The van der Waals surface area contributed by atoms with Crippen molar-refractivity contribution in [3.8, 4) is 0 Å². The van der Waals surface area contributed by atoms with Gasteiger partial charge < -0.3 is 10.1 Å². The van der Waals surface area contributed by atoms with Crippen LogP contribution in [0, 0.1) is 0 Å². The van der Waals surface area contributed by atoms with Crippen LogP contribution in [0.15, 0.2) is 36.3 Å². The summed E-state index contributed by atoms with van der Waals surface area (Å²) in [5, 5.41) is 3.06. The van der Waals surface area contributed by atoms with E-state index in [4.69, 9.17) is 4.74 Å². The van der Waals surface area contributed by atoms with Crippen molar-refractivity contribution >= 4 is 0 Å². The lowest BCUT2D eigenvalue weighted by Crippen LogP contribution is -2.05. The summed E-state index contributed by atoms with van der Waals surface area (Å²) in [5.41, 5.74) is 1.04. The minimum absolute atomic E-state index is 0.586. The van der Waals surface area contributed by atoms with Crippen LogP contribution >= 0.6 is 0 Å². The Hall–Kier alpha value is -1.18. The molecule has 0 aromatic heterocycles. The van der Waals surface area contributed by atoms with Gasteiger partial charge in [0.15, 0.2) is 6.73 Å². The van der Waals surface area contributed by atoms with Crippen molar-refractivity contribution in [2.75, 3.05) is 6.73 Å². The number of allylic oxidation sites excluding steroid dienone is 4. The van der Waals surface area contributed by atoms with Crippen LogP contribution in [-0.4, -0.2) is 6.73 Å². The standard InChI is InChI=1S/C8H11NO/c1-3-4-5-8-7(2)10-6-9-8/h3-5,9H,1,6H2,2H3/b5-4-. The van der Waals surface area contributed by atoms with E-state index in [1.54, 1.807) is 6.08 Å². The molecule has 0 aromatic rings. The van der Waals surface area contributed by atoms with Crippen molar-refractivity contribution < 1.29 is 4.74 Å². The molecule has 1 rings (SSSR count). The molecule has 0 bridgehead atoms. The Morgan fingerprint density at radius 2 is 2.50 bits per heavy atom. The fourth-order valence-corrected chi connectivity index (χ4v) is 0.765. The minimum Gasteiger partial charge on any atom is -0.476 e. The van der Waals surface area contributed by atoms with Crippen LogP contribution in [0.1, 0.15) is 6.92 Å². The third kappa shape index (κ3) is 1.41. The number of nitrogens with one attached hydrogen (secondary N) is 1. The van der Waals surface area contributed by atoms with Crippen molar-refractivity contribution in [1.29, 1.82) is 0 Å². The fourth-order valence-electron chi connectivity index (χ4n) is 0.765. The number of hydrogen-bond donors (Lipinski definition) is 1. The minimum atomic E-state index is 0.586. The molecule has 0 radical (unpaired) electrons. The number of ether oxygens (including phenoxy) is 1. The summed E-state index contributed by atoms with van der Waals surface area (Å²) < 4.78 is 5.15. The number of rotatable bonds is 2. The van der Waals surface area contributed by atoms with Gasteiger partial charge in [0, 0.05) is 0 Å². The molecule has 0 spiro atoms. The quantitative estimate of drug-likeness (QED) is 0.583. The van der Waals surface area contributed by atoms with Crippen LogP contribution in [0.4, 0.5) is 0 Å². The second kappa shape index (κ2) is 3.11. The van der Waals surface area contributed by atoms with Crippen LogP contribution in [-0.2, 0) is 4.74 Å². The Balaban J connectivity index is 2.62. The lowest BCUT2D eigenvalue weighted by molar-refractivity contribution is 0.234. The Kier molecular flexibility index (Phi) is 2.15. The molecule has 2 heteroatoms. The van der Waals surface area contributed by atoms with Crippen LogP contribution in [0.25, 0.3) is 0 Å². The largest absolute Gasteiger partial charge is 0.476 e. The Morgan fingerprint density at radius 1 is 1.70 bits per heavy atom. The summed E-state index contributed by atoms with van der Waals surface area (Å²) in [6.45, 7) is 6.09. The van der Waals surface area contributed by atoms with Gasteiger partial charge in [0.1, 0.15) is 5.76 Å². The molecular weight excluding hydrogens is 126 g/mol. The normalized spacial score (nSPS) is 17.3. The highest BCUT2D eigenvalue weighted by atomic mass is 16.5. The van der Waals surface area contributed by atoms with E-state index < -0.39 is 0 Å². The molecule has 0 saturated carbocycles. The van der Waals surface area contributed by atoms with Gasteiger partial charge in [-0.25, -0.2) is 0 Å². The Labute approximate surface area is 60.9 Å². The SMILES string of the molecule is C=C/C=C\C1=C(C)OCN1. The predicted molar refractivity (Wildman–Crippen MR) is 41.1 cm³/mol. The number of hydrogen-bond acceptors (Lipinski definition) is 2. The third-order valence-electron chi connectivity index (χ3n) is 1.33. The van der Waals surface area contributed by atoms with Crippen molar-refractivity contribution in [1.82, 2.24) is 5.32 Å². The molecule has 54 valence electrons. The first-order valence-electron chi connectivity index (χ1n) is 3.21. The zero-order valence-electron chi connectivity index (χ0n) is 6.05. The summed E-state index contributed by atoms with van der Waals surface area (Å²) in [6, 6.07) is 0. The maximum atomic E-state index is 5.15. The first-order valence-corrected chi connectivity index (χ1v) is 3.21. The summed E-state index contributed by atoms with van der Waals surface area (Å²) in [6.07, 6.45) is 5.55. The average molecular weight is 137 g/mol. The molecule has 0 aromatic carbocycles. The third-order valence-corrected chi connectivity index (χ3v) is 1.33. The monoisotopic (exact) mass is 137 g/mol. The molecule has 0 aliphatic carbocycles. The highest BCUT2D eigenvalue weighted by Gasteiger charge is 2.05. The van der Waals surface area contributed by atoms with E-state index in [9.17, 15) is 0 Å². The molecule has 0 saturated heterocycles. The molecule has 1 aliphatic heterocycles. The fraction of sp³-hybridized carbons (Fsp3) is 0.250. The second-order valence-electron chi connectivity index (χ2n) is 2.03. The van der Waals surface area contributed by atoms with Gasteiger partial charge in [-0.1, -0.05) is 18.7 Å². The molecule has 0 amide bonds. The van der Waals surface area contributed by atoms with Crippen molar-refractivity contribution in [2.24, 2.45) is 0 Å². The lowest BCUT2D eigenvalue weighted by atomic mass is 10.3. The van der Waals surface area contributed by atoms with Gasteiger partial charge in [-0.3, -0.25) is 0 Å². The lowest BCUT2D eigenvalue weighted by Gasteiger charge is -1.90. The van der Waals surface area contributed by atoms with Crippen molar-refractivity contribution in [3.63, 3.8) is 0 Å². The van der Waals surface area contributed by atoms with E-state index in [1.165, 1.54) is 0 Å². The molecule has 1 N–H and O–H groups in total. The van der Waals surface area contributed by atoms with Gasteiger partial charge in [-0.15, -0.1) is 0 Å². The van der Waals surface area contributed by atoms with E-state index in [0.717, 1.165) is 11.5 Å². The van der Waals surface area contributed by atoms with E-state index in [0.29, 0.717) is 6.73 Å². The summed E-state index contributed by atoms with van der Waals surface area (Å²) >= 11 is 0. The first kappa shape index (κ1) is 6.93. The van der Waals surface area contributed by atoms with E-state index >= 15 is 0 Å². The van der Waals surface area contributed by atoms with E-state index in [1.807, 2.05) is 19.1 Å². The van der Waals surface area contributed by atoms with Crippen LogP contribution in [0.3, 0.4) is 0 Å². The molecule has 1 aliphatic rings. The highest BCUT2D eigenvalue weighted by Crippen LogP contribution is 2.09. The molecule has 0 atom stereocenters. The van der Waals surface area contributed by atoms with E-state index in [2.05, 4.69) is 11.9 Å². The van der Waals surface area contributed by atoms with Gasteiger partial charge >= 0.3 is 0 Å². The maximum absolute atomic E-state index is 5.15. The predicted octanol–water partition coefficient (Wildman–Crippen LogP) is 1.54. The summed E-state index contributed by atoms with van der Waals surface area (Å²) in [7, 11) is 0. The Morgan fingerprint density at radius 3 is 3.00 bits per heavy atom. The topological polar surface area (TPSA) is 21.3 Å². The smallest absolute Gasteiger partial charge is 0.158 e. The molecule has 2 nitrogen and oxygen atoms in total. The molecular formula is C8H11NO. The maximum Gasteiger partial charge on any atom is 0.158 e. The molecule has 1 heterocycles. The summed E-state index contributed by atoms with van der Waals surface area (Å²) in [4.78, 5) is 0. The molecule has 0 fully saturated rings. The Bertz CT molecular complexity index is 191. The molecule has 0 unspecified atom stereocenters.